The average molecular weight is 309 g/mol. The van der Waals surface area contributed by atoms with Gasteiger partial charge in [0.2, 0.25) is 0 Å². The fourth-order valence-corrected chi connectivity index (χ4v) is 4.51. The molecule has 0 radical (unpaired) electrons. The minimum atomic E-state index is -1.41. The van der Waals surface area contributed by atoms with E-state index >= 15 is 0 Å². The molecule has 0 saturated carbocycles. The summed E-state index contributed by atoms with van der Waals surface area (Å²) in [4.78, 5) is 11.2. The van der Waals surface area contributed by atoms with Gasteiger partial charge in [0.25, 0.3) is 0 Å². The van der Waals surface area contributed by atoms with Crippen LogP contribution in [0.5, 0.6) is 0 Å². The average Bonchev–Trinajstić information content (AvgIpc) is 2.83. The first-order valence-electron chi connectivity index (χ1n) is 5.99. The minimum Gasteiger partial charge on any atom is -0.616 e. The van der Waals surface area contributed by atoms with Gasteiger partial charge in [-0.2, -0.15) is 0 Å². The molecule has 2 aromatic rings. The van der Waals surface area contributed by atoms with Gasteiger partial charge < -0.3 is 15.4 Å². The van der Waals surface area contributed by atoms with Crippen molar-refractivity contribution in [2.24, 2.45) is 5.73 Å². The van der Waals surface area contributed by atoms with Crippen LogP contribution in [0.3, 0.4) is 0 Å². The van der Waals surface area contributed by atoms with Gasteiger partial charge in [-0.25, -0.2) is 0 Å². The van der Waals surface area contributed by atoms with Gasteiger partial charge in [-0.15, -0.1) is 11.3 Å². The highest BCUT2D eigenvalue weighted by Gasteiger charge is 2.36. The highest BCUT2D eigenvalue weighted by molar-refractivity contribution is 7.91. The Bertz CT molecular complexity index is 626. The summed E-state index contributed by atoms with van der Waals surface area (Å²) in [5.41, 5.74) is 6.49. The topological polar surface area (TPSA) is 86.4 Å². The number of carbonyl (C=O) groups is 1. The largest absolute Gasteiger partial charge is 0.616 e. The first-order chi connectivity index (χ1) is 9.56. The molecular formula is C14H15NO3S2. The maximum Gasteiger partial charge on any atom is 0.326 e. The summed E-state index contributed by atoms with van der Waals surface area (Å²) >= 11 is 0.0870. The van der Waals surface area contributed by atoms with Crippen LogP contribution >= 0.6 is 11.3 Å². The van der Waals surface area contributed by atoms with Gasteiger partial charge in [-0.05, 0) is 23.3 Å². The Balaban J connectivity index is 2.50. The van der Waals surface area contributed by atoms with E-state index < -0.39 is 28.4 Å². The lowest BCUT2D eigenvalue weighted by molar-refractivity contribution is -0.138. The molecule has 3 N–H and O–H groups in total. The zero-order chi connectivity index (χ0) is 14.7. The molecular weight excluding hydrogens is 294 g/mol. The predicted molar refractivity (Wildman–Crippen MR) is 83.4 cm³/mol. The quantitative estimate of drug-likeness (QED) is 0.633. The second-order valence-electron chi connectivity index (χ2n) is 4.31. The lowest BCUT2D eigenvalue weighted by Crippen LogP contribution is -2.40. The van der Waals surface area contributed by atoms with Gasteiger partial charge in [0, 0.05) is 21.0 Å². The van der Waals surface area contributed by atoms with Gasteiger partial charge in [0.05, 0.1) is 0 Å². The standard InChI is InChI=1S/C14H15NO3S2/c1-2-7-20(18)13(12(15)14(16)17)10-8-19-11-6-4-3-5-9(10)11/h2-6,8,12-13H,1,7,15H2,(H,16,17)/t12-,13?,20?/m0/s1. The highest BCUT2D eigenvalue weighted by atomic mass is 32.2. The van der Waals surface area contributed by atoms with Crippen molar-refractivity contribution < 1.29 is 14.5 Å². The normalized spacial score (nSPS) is 15.7. The van der Waals surface area contributed by atoms with Crippen molar-refractivity contribution in [2.75, 3.05) is 5.75 Å². The summed E-state index contributed by atoms with van der Waals surface area (Å²) in [5, 5.41) is 11.2. The van der Waals surface area contributed by atoms with Crippen molar-refractivity contribution in [3.05, 3.63) is 47.9 Å². The summed E-state index contributed by atoms with van der Waals surface area (Å²) in [6.45, 7) is 3.55. The monoisotopic (exact) mass is 309 g/mol. The van der Waals surface area contributed by atoms with Crippen LogP contribution in [0.2, 0.25) is 0 Å². The van der Waals surface area contributed by atoms with Crippen LogP contribution in [-0.4, -0.2) is 27.4 Å². The van der Waals surface area contributed by atoms with Crippen molar-refractivity contribution in [2.45, 2.75) is 11.3 Å². The number of fused-ring (bicyclic) bond motifs is 1. The number of carboxylic acid groups (broad SMARTS) is 1. The zero-order valence-corrected chi connectivity index (χ0v) is 12.3. The Morgan fingerprint density at radius 3 is 2.90 bits per heavy atom. The smallest absolute Gasteiger partial charge is 0.326 e. The Kier molecular flexibility index (Phi) is 4.82. The Morgan fingerprint density at radius 1 is 1.55 bits per heavy atom. The third-order valence-corrected chi connectivity index (χ3v) is 5.65. The van der Waals surface area contributed by atoms with E-state index in [1.165, 1.54) is 17.4 Å². The SMILES string of the molecule is C=CC[S+]([O-])C(c1csc2ccccc12)[C@H](N)C(=O)O. The summed E-state index contributed by atoms with van der Waals surface area (Å²) < 4.78 is 13.4. The first-order valence-corrected chi connectivity index (χ1v) is 8.25. The van der Waals surface area contributed by atoms with Gasteiger partial charge in [-0.3, -0.25) is 4.79 Å². The molecule has 1 aromatic carbocycles. The van der Waals surface area contributed by atoms with Crippen molar-refractivity contribution in [1.29, 1.82) is 0 Å². The molecule has 0 fully saturated rings. The van der Waals surface area contributed by atoms with Crippen LogP contribution in [0.15, 0.2) is 42.3 Å². The predicted octanol–water partition coefficient (Wildman–Crippen LogP) is 2.29. The molecule has 0 spiro atoms. The number of hydrogen-bond donors (Lipinski definition) is 2. The third-order valence-electron chi connectivity index (χ3n) is 2.99. The van der Waals surface area contributed by atoms with Crippen LogP contribution in [-0.2, 0) is 16.0 Å². The third kappa shape index (κ3) is 2.88. The zero-order valence-electron chi connectivity index (χ0n) is 10.7. The van der Waals surface area contributed by atoms with Crippen LogP contribution < -0.4 is 5.73 Å². The van der Waals surface area contributed by atoms with E-state index in [0.717, 1.165) is 15.6 Å². The van der Waals surface area contributed by atoms with Crippen LogP contribution in [0.25, 0.3) is 10.1 Å². The van der Waals surface area contributed by atoms with E-state index in [-0.39, 0.29) is 5.75 Å². The van der Waals surface area contributed by atoms with E-state index in [4.69, 9.17) is 10.8 Å². The highest BCUT2D eigenvalue weighted by Crippen LogP contribution is 2.36. The lowest BCUT2D eigenvalue weighted by Gasteiger charge is -2.23. The second-order valence-corrected chi connectivity index (χ2v) is 6.82. The number of nitrogens with two attached hydrogens (primary N) is 1. The van der Waals surface area contributed by atoms with E-state index in [0.29, 0.717) is 0 Å². The number of carboxylic acids is 1. The Morgan fingerprint density at radius 2 is 2.25 bits per heavy atom. The number of thiophene rings is 1. The van der Waals surface area contributed by atoms with Crippen molar-refractivity contribution in [1.82, 2.24) is 0 Å². The molecule has 0 bridgehead atoms. The minimum absolute atomic E-state index is 0.218. The summed E-state index contributed by atoms with van der Waals surface area (Å²) in [7, 11) is 0. The molecule has 106 valence electrons. The molecule has 4 nitrogen and oxygen atoms in total. The van der Waals surface area contributed by atoms with Crippen molar-refractivity contribution >= 4 is 38.6 Å². The van der Waals surface area contributed by atoms with Gasteiger partial charge in [0.1, 0.15) is 5.75 Å². The van der Waals surface area contributed by atoms with E-state index in [9.17, 15) is 9.35 Å². The molecule has 20 heavy (non-hydrogen) atoms. The number of aliphatic carboxylic acids is 1. The van der Waals surface area contributed by atoms with E-state index in [1.54, 1.807) is 0 Å². The molecule has 3 atom stereocenters. The fourth-order valence-electron chi connectivity index (χ4n) is 2.07. The Hall–Kier alpha value is -1.34. The molecule has 0 amide bonds. The second kappa shape index (κ2) is 6.41. The van der Waals surface area contributed by atoms with Crippen LogP contribution in [0.4, 0.5) is 0 Å². The van der Waals surface area contributed by atoms with Gasteiger partial charge >= 0.3 is 5.97 Å². The fraction of sp³-hybridized carbons (Fsp3) is 0.214. The lowest BCUT2D eigenvalue weighted by atomic mass is 10.1. The molecule has 6 heteroatoms. The van der Waals surface area contributed by atoms with Gasteiger partial charge in [0.15, 0.2) is 11.3 Å². The molecule has 0 aliphatic heterocycles. The molecule has 1 aromatic heterocycles. The van der Waals surface area contributed by atoms with E-state index in [1.807, 2.05) is 29.6 Å². The number of rotatable bonds is 6. The van der Waals surface area contributed by atoms with Crippen LogP contribution in [0.1, 0.15) is 10.8 Å². The van der Waals surface area contributed by atoms with Crippen molar-refractivity contribution in [3.8, 4) is 0 Å². The summed E-state index contributed by atoms with van der Waals surface area (Å²) in [5.74, 6) is -0.932. The van der Waals surface area contributed by atoms with Crippen LogP contribution in [0, 0.1) is 0 Å². The maximum absolute atomic E-state index is 12.3. The Labute approximate surface area is 124 Å². The van der Waals surface area contributed by atoms with E-state index in [2.05, 4.69) is 6.58 Å². The number of benzene rings is 1. The summed E-state index contributed by atoms with van der Waals surface area (Å²) in [6.07, 6.45) is 1.52. The molecule has 2 unspecified atom stereocenters. The first kappa shape index (κ1) is 15.1. The molecule has 2 rings (SSSR count). The molecule has 0 saturated heterocycles. The molecule has 0 aliphatic rings. The number of hydrogen-bond acceptors (Lipinski definition) is 4. The summed E-state index contributed by atoms with van der Waals surface area (Å²) in [6, 6.07) is 6.43. The molecule has 1 heterocycles. The maximum atomic E-state index is 12.3. The van der Waals surface area contributed by atoms with Gasteiger partial charge in [-0.1, -0.05) is 24.8 Å². The van der Waals surface area contributed by atoms with Crippen molar-refractivity contribution in [3.63, 3.8) is 0 Å². The molecule has 0 aliphatic carbocycles.